The lowest BCUT2D eigenvalue weighted by molar-refractivity contribution is -0.151. The minimum Gasteiger partial charge on any atom is -0.466 e. The Balaban J connectivity index is 2.90. The predicted molar refractivity (Wildman–Crippen MR) is 61.5 cm³/mol. The number of allylic oxidation sites excluding steroid dienone is 1. The molecule has 86 valence electrons. The van der Waals surface area contributed by atoms with Crippen LogP contribution in [0.2, 0.25) is 0 Å². The molecule has 2 heteroatoms. The summed E-state index contributed by atoms with van der Waals surface area (Å²) in [6.07, 6.45) is 5.42. The van der Waals surface area contributed by atoms with Gasteiger partial charge in [0.1, 0.15) is 0 Å². The summed E-state index contributed by atoms with van der Waals surface area (Å²) in [6.45, 7) is 8.68. The third kappa shape index (κ3) is 2.61. The average Bonchev–Trinajstić information content (AvgIpc) is 2.16. The molecule has 0 spiro atoms. The van der Waals surface area contributed by atoms with E-state index >= 15 is 0 Å². The molecule has 0 aromatic carbocycles. The third-order valence-electron chi connectivity index (χ3n) is 3.33. The van der Waals surface area contributed by atoms with E-state index in [0.717, 1.165) is 12.8 Å². The molecule has 15 heavy (non-hydrogen) atoms. The second kappa shape index (κ2) is 4.82. The maximum atomic E-state index is 11.9. The first kappa shape index (κ1) is 12.3. The maximum absolute atomic E-state index is 11.9. The molecule has 1 saturated carbocycles. The van der Waals surface area contributed by atoms with Gasteiger partial charge in [-0.05, 0) is 38.5 Å². The molecular weight excluding hydrogens is 188 g/mol. The number of esters is 1. The van der Waals surface area contributed by atoms with E-state index < -0.39 is 0 Å². The normalized spacial score (nSPS) is 27.7. The van der Waals surface area contributed by atoms with Gasteiger partial charge in [-0.2, -0.15) is 0 Å². The number of carbonyl (C=O) groups is 1. The van der Waals surface area contributed by atoms with Crippen LogP contribution in [0.25, 0.3) is 0 Å². The Bertz CT molecular complexity index is 264. The van der Waals surface area contributed by atoms with Gasteiger partial charge in [0.15, 0.2) is 0 Å². The van der Waals surface area contributed by atoms with Crippen LogP contribution in [0.15, 0.2) is 11.6 Å². The van der Waals surface area contributed by atoms with E-state index in [2.05, 4.69) is 19.9 Å². The Morgan fingerprint density at radius 3 is 2.80 bits per heavy atom. The van der Waals surface area contributed by atoms with Gasteiger partial charge in [-0.25, -0.2) is 0 Å². The molecule has 0 aromatic heterocycles. The van der Waals surface area contributed by atoms with Crippen LogP contribution in [0, 0.1) is 11.3 Å². The first-order chi connectivity index (χ1) is 7.03. The highest BCUT2D eigenvalue weighted by atomic mass is 16.5. The van der Waals surface area contributed by atoms with Gasteiger partial charge < -0.3 is 4.74 Å². The molecule has 2 nitrogen and oxygen atoms in total. The summed E-state index contributed by atoms with van der Waals surface area (Å²) in [5.41, 5.74) is 1.30. The van der Waals surface area contributed by atoms with Gasteiger partial charge >= 0.3 is 5.97 Å². The first-order valence-corrected chi connectivity index (χ1v) is 5.84. The average molecular weight is 210 g/mol. The Kier molecular flexibility index (Phi) is 3.95. The van der Waals surface area contributed by atoms with Crippen molar-refractivity contribution in [2.24, 2.45) is 11.3 Å². The molecule has 1 aliphatic carbocycles. The number of carbonyl (C=O) groups excluding carboxylic acids is 1. The Hall–Kier alpha value is -0.790. The molecule has 0 N–H and O–H groups in total. The molecule has 0 amide bonds. The smallest absolute Gasteiger partial charge is 0.313 e. The molecule has 1 aliphatic rings. The molecule has 0 aromatic rings. The fourth-order valence-electron chi connectivity index (χ4n) is 2.55. The monoisotopic (exact) mass is 210 g/mol. The highest BCUT2D eigenvalue weighted by Crippen LogP contribution is 2.44. The summed E-state index contributed by atoms with van der Waals surface area (Å²) >= 11 is 0. The van der Waals surface area contributed by atoms with Gasteiger partial charge in [0.25, 0.3) is 0 Å². The Morgan fingerprint density at radius 2 is 2.27 bits per heavy atom. The van der Waals surface area contributed by atoms with Crippen molar-refractivity contribution in [1.29, 1.82) is 0 Å². The van der Waals surface area contributed by atoms with Crippen LogP contribution in [-0.2, 0) is 9.53 Å². The second-order valence-electron chi connectivity index (χ2n) is 4.89. The topological polar surface area (TPSA) is 26.3 Å². The molecule has 0 saturated heterocycles. The summed E-state index contributed by atoms with van der Waals surface area (Å²) in [5, 5.41) is 0. The largest absolute Gasteiger partial charge is 0.466 e. The van der Waals surface area contributed by atoms with Crippen LogP contribution in [0.3, 0.4) is 0 Å². The minimum atomic E-state index is -0.0460. The van der Waals surface area contributed by atoms with E-state index in [1.807, 2.05) is 13.8 Å². The van der Waals surface area contributed by atoms with E-state index in [4.69, 9.17) is 4.74 Å². The molecule has 1 fully saturated rings. The zero-order valence-electron chi connectivity index (χ0n) is 10.3. The SMILES string of the molecule is C/C=C1/CCCC(C)(C)C1C(=O)OCC. The van der Waals surface area contributed by atoms with Crippen molar-refractivity contribution in [1.82, 2.24) is 0 Å². The third-order valence-corrected chi connectivity index (χ3v) is 3.33. The zero-order chi connectivity index (χ0) is 11.5. The predicted octanol–water partition coefficient (Wildman–Crippen LogP) is 3.32. The van der Waals surface area contributed by atoms with Crippen molar-refractivity contribution in [3.8, 4) is 0 Å². The molecule has 1 atom stereocenters. The van der Waals surface area contributed by atoms with Crippen LogP contribution in [0.1, 0.15) is 47.0 Å². The molecule has 1 rings (SSSR count). The van der Waals surface area contributed by atoms with E-state index in [1.54, 1.807) is 0 Å². The lowest BCUT2D eigenvalue weighted by Gasteiger charge is -2.38. The summed E-state index contributed by atoms with van der Waals surface area (Å²) in [6, 6.07) is 0. The van der Waals surface area contributed by atoms with Crippen molar-refractivity contribution < 1.29 is 9.53 Å². The van der Waals surface area contributed by atoms with Crippen molar-refractivity contribution in [2.75, 3.05) is 6.61 Å². The van der Waals surface area contributed by atoms with Crippen LogP contribution >= 0.6 is 0 Å². The van der Waals surface area contributed by atoms with Crippen molar-refractivity contribution >= 4 is 5.97 Å². The van der Waals surface area contributed by atoms with E-state index in [0.29, 0.717) is 6.61 Å². The molecule has 0 bridgehead atoms. The maximum Gasteiger partial charge on any atom is 0.313 e. The quantitative estimate of drug-likeness (QED) is 0.516. The minimum absolute atomic E-state index is 0.0313. The van der Waals surface area contributed by atoms with Gasteiger partial charge in [0.2, 0.25) is 0 Å². The second-order valence-corrected chi connectivity index (χ2v) is 4.89. The lowest BCUT2D eigenvalue weighted by Crippen LogP contribution is -2.36. The Morgan fingerprint density at radius 1 is 1.60 bits per heavy atom. The molecule has 0 heterocycles. The van der Waals surface area contributed by atoms with Crippen molar-refractivity contribution in [2.45, 2.75) is 47.0 Å². The molecule has 0 radical (unpaired) electrons. The number of hydrogen-bond acceptors (Lipinski definition) is 2. The van der Waals surface area contributed by atoms with Crippen LogP contribution < -0.4 is 0 Å². The Labute approximate surface area is 92.7 Å². The standard InChI is InChI=1S/C13H22O2/c1-5-10-8-7-9-13(3,4)11(10)12(14)15-6-2/h5,11H,6-9H2,1-4H3/b10-5-. The van der Waals surface area contributed by atoms with Gasteiger partial charge in [-0.15, -0.1) is 0 Å². The van der Waals surface area contributed by atoms with E-state index in [1.165, 1.54) is 12.0 Å². The van der Waals surface area contributed by atoms with Crippen molar-refractivity contribution in [3.05, 3.63) is 11.6 Å². The number of rotatable bonds is 2. The highest BCUT2D eigenvalue weighted by Gasteiger charge is 2.40. The molecule has 0 aliphatic heterocycles. The zero-order valence-corrected chi connectivity index (χ0v) is 10.3. The summed E-state index contributed by atoms with van der Waals surface area (Å²) in [5.74, 6) is -0.0773. The van der Waals surface area contributed by atoms with Gasteiger partial charge in [-0.1, -0.05) is 25.5 Å². The summed E-state index contributed by atoms with van der Waals surface area (Å²) < 4.78 is 5.17. The van der Waals surface area contributed by atoms with Crippen LogP contribution in [0.5, 0.6) is 0 Å². The fraction of sp³-hybridized carbons (Fsp3) is 0.769. The molecule has 1 unspecified atom stereocenters. The van der Waals surface area contributed by atoms with E-state index in [9.17, 15) is 4.79 Å². The molecular formula is C13H22O2. The van der Waals surface area contributed by atoms with Gasteiger partial charge in [-0.3, -0.25) is 4.79 Å². The van der Waals surface area contributed by atoms with E-state index in [-0.39, 0.29) is 17.3 Å². The van der Waals surface area contributed by atoms with Crippen LogP contribution in [0.4, 0.5) is 0 Å². The number of hydrogen-bond donors (Lipinski definition) is 0. The fourth-order valence-corrected chi connectivity index (χ4v) is 2.55. The summed E-state index contributed by atoms with van der Waals surface area (Å²) in [7, 11) is 0. The highest BCUT2D eigenvalue weighted by molar-refractivity contribution is 5.77. The first-order valence-electron chi connectivity index (χ1n) is 5.84. The van der Waals surface area contributed by atoms with Crippen LogP contribution in [-0.4, -0.2) is 12.6 Å². The van der Waals surface area contributed by atoms with Gasteiger partial charge in [0, 0.05) is 0 Å². The van der Waals surface area contributed by atoms with Gasteiger partial charge in [0.05, 0.1) is 12.5 Å². The summed E-state index contributed by atoms with van der Waals surface area (Å²) in [4.78, 5) is 11.9. The lowest BCUT2D eigenvalue weighted by atomic mass is 9.66. The number of ether oxygens (including phenoxy) is 1. The van der Waals surface area contributed by atoms with Crippen molar-refractivity contribution in [3.63, 3.8) is 0 Å².